The second-order valence-electron chi connectivity index (χ2n) is 7.32. The van der Waals surface area contributed by atoms with Crippen molar-refractivity contribution in [3.05, 3.63) is 21.6 Å². The predicted molar refractivity (Wildman–Crippen MR) is 107 cm³/mol. The van der Waals surface area contributed by atoms with E-state index in [9.17, 15) is 0 Å². The van der Waals surface area contributed by atoms with Gasteiger partial charge in [-0.2, -0.15) is 0 Å². The summed E-state index contributed by atoms with van der Waals surface area (Å²) in [5.74, 6) is 1.81. The highest BCUT2D eigenvalue weighted by molar-refractivity contribution is 7.20. The van der Waals surface area contributed by atoms with E-state index in [0.29, 0.717) is 5.84 Å². The van der Waals surface area contributed by atoms with Gasteiger partial charge in [0.2, 0.25) is 0 Å². The SMILES string of the molecule is Cc1c(C(=N)N2CCNCC2)sc2nc(N(C)C)c3c(c12)CCCC3. The predicted octanol–water partition coefficient (Wildman–Crippen LogP) is 2.78. The van der Waals surface area contributed by atoms with Crippen molar-refractivity contribution >= 4 is 33.2 Å². The Morgan fingerprint density at radius 2 is 1.84 bits per heavy atom. The Morgan fingerprint density at radius 3 is 2.52 bits per heavy atom. The van der Waals surface area contributed by atoms with Crippen LogP contribution in [0.3, 0.4) is 0 Å². The second-order valence-corrected chi connectivity index (χ2v) is 8.32. The fraction of sp³-hybridized carbons (Fsp3) is 0.579. The van der Waals surface area contributed by atoms with Crippen LogP contribution in [0.15, 0.2) is 0 Å². The average molecular weight is 358 g/mol. The minimum atomic E-state index is 0.679. The largest absolute Gasteiger partial charge is 0.362 e. The number of hydrogen-bond acceptors (Lipinski definition) is 5. The molecule has 0 bridgehead atoms. The Morgan fingerprint density at radius 1 is 1.16 bits per heavy atom. The van der Waals surface area contributed by atoms with Crippen molar-refractivity contribution in [2.24, 2.45) is 0 Å². The molecule has 0 radical (unpaired) electrons. The van der Waals surface area contributed by atoms with E-state index >= 15 is 0 Å². The molecule has 0 unspecified atom stereocenters. The molecule has 0 aromatic carbocycles. The summed E-state index contributed by atoms with van der Waals surface area (Å²) in [6, 6.07) is 0. The molecule has 2 aromatic rings. The zero-order chi connectivity index (χ0) is 17.6. The third-order valence-corrected chi connectivity index (χ3v) is 6.64. The van der Waals surface area contributed by atoms with Gasteiger partial charge in [-0.25, -0.2) is 4.98 Å². The van der Waals surface area contributed by atoms with Crippen molar-refractivity contribution in [2.45, 2.75) is 32.6 Å². The van der Waals surface area contributed by atoms with Gasteiger partial charge in [-0.15, -0.1) is 11.3 Å². The highest BCUT2D eigenvalue weighted by atomic mass is 32.1. The van der Waals surface area contributed by atoms with Crippen LogP contribution in [0.2, 0.25) is 0 Å². The standard InChI is InChI=1S/C19H27N5S/c1-12-15-13-6-4-5-7-14(13)18(23(2)3)22-19(15)25-16(12)17(20)24-10-8-21-9-11-24/h20-21H,4-11H2,1-3H3. The minimum Gasteiger partial charge on any atom is -0.362 e. The number of anilines is 1. The Bertz CT molecular complexity index is 817. The van der Waals surface area contributed by atoms with Crippen molar-refractivity contribution in [1.29, 1.82) is 5.41 Å². The maximum atomic E-state index is 8.75. The molecule has 1 aliphatic carbocycles. The van der Waals surface area contributed by atoms with Gasteiger partial charge >= 0.3 is 0 Å². The zero-order valence-electron chi connectivity index (χ0n) is 15.4. The van der Waals surface area contributed by atoms with Gasteiger partial charge in [-0.05, 0) is 49.3 Å². The monoisotopic (exact) mass is 357 g/mol. The summed E-state index contributed by atoms with van der Waals surface area (Å²) in [7, 11) is 4.18. The molecule has 4 rings (SSSR count). The summed E-state index contributed by atoms with van der Waals surface area (Å²) in [6.45, 7) is 5.95. The van der Waals surface area contributed by atoms with Crippen LogP contribution in [0, 0.1) is 12.3 Å². The van der Waals surface area contributed by atoms with Gasteiger partial charge in [0.25, 0.3) is 0 Å². The van der Waals surface area contributed by atoms with Crippen LogP contribution < -0.4 is 10.2 Å². The van der Waals surface area contributed by atoms with Gasteiger partial charge in [-0.3, -0.25) is 5.41 Å². The van der Waals surface area contributed by atoms with Crippen LogP contribution in [-0.2, 0) is 12.8 Å². The van der Waals surface area contributed by atoms with Crippen molar-refractivity contribution < 1.29 is 0 Å². The first-order valence-corrected chi connectivity index (χ1v) is 10.1. The number of nitrogens with one attached hydrogen (secondary N) is 2. The number of pyridine rings is 1. The molecule has 25 heavy (non-hydrogen) atoms. The van der Waals surface area contributed by atoms with Crippen LogP contribution in [0.4, 0.5) is 5.82 Å². The lowest BCUT2D eigenvalue weighted by molar-refractivity contribution is 0.356. The van der Waals surface area contributed by atoms with Gasteiger partial charge in [-0.1, -0.05) is 0 Å². The van der Waals surface area contributed by atoms with E-state index in [2.05, 4.69) is 36.1 Å². The average Bonchev–Trinajstić information content (AvgIpc) is 2.98. The molecule has 0 spiro atoms. The third-order valence-electron chi connectivity index (χ3n) is 5.45. The summed E-state index contributed by atoms with van der Waals surface area (Å²) in [4.78, 5) is 11.6. The molecule has 134 valence electrons. The third kappa shape index (κ3) is 2.81. The minimum absolute atomic E-state index is 0.679. The zero-order valence-corrected chi connectivity index (χ0v) is 16.2. The topological polar surface area (TPSA) is 55.3 Å². The molecule has 5 nitrogen and oxygen atoms in total. The van der Waals surface area contributed by atoms with E-state index in [1.54, 1.807) is 11.3 Å². The molecule has 0 atom stereocenters. The fourth-order valence-corrected chi connectivity index (χ4v) is 5.34. The molecule has 1 fully saturated rings. The molecular weight excluding hydrogens is 330 g/mol. The Kier molecular flexibility index (Phi) is 4.41. The van der Waals surface area contributed by atoms with E-state index in [4.69, 9.17) is 10.4 Å². The Balaban J connectivity index is 1.85. The van der Waals surface area contributed by atoms with E-state index in [0.717, 1.165) is 54.5 Å². The summed E-state index contributed by atoms with van der Waals surface area (Å²) in [6.07, 6.45) is 4.80. The number of thiophene rings is 1. The lowest BCUT2D eigenvalue weighted by Crippen LogP contribution is -2.46. The van der Waals surface area contributed by atoms with Crippen molar-refractivity contribution in [2.75, 3.05) is 45.2 Å². The van der Waals surface area contributed by atoms with Crippen molar-refractivity contribution in [1.82, 2.24) is 15.2 Å². The molecule has 2 aliphatic rings. The first kappa shape index (κ1) is 16.8. The summed E-state index contributed by atoms with van der Waals surface area (Å²) >= 11 is 1.71. The summed E-state index contributed by atoms with van der Waals surface area (Å²) in [5, 5.41) is 13.4. The molecule has 0 saturated carbocycles. The summed E-state index contributed by atoms with van der Waals surface area (Å²) in [5.41, 5.74) is 4.19. The number of aryl methyl sites for hydroxylation is 2. The fourth-order valence-electron chi connectivity index (χ4n) is 4.15. The quantitative estimate of drug-likeness (QED) is 0.641. The summed E-state index contributed by atoms with van der Waals surface area (Å²) < 4.78 is 0. The van der Waals surface area contributed by atoms with Gasteiger partial charge in [0.1, 0.15) is 16.5 Å². The molecular formula is C19H27N5S. The normalized spacial score (nSPS) is 17.6. The number of amidine groups is 1. The van der Waals surface area contributed by atoms with E-state index < -0.39 is 0 Å². The van der Waals surface area contributed by atoms with E-state index in [1.807, 2.05) is 0 Å². The highest BCUT2D eigenvalue weighted by Crippen LogP contribution is 2.40. The van der Waals surface area contributed by atoms with Crippen LogP contribution in [0.25, 0.3) is 10.2 Å². The highest BCUT2D eigenvalue weighted by Gasteiger charge is 2.26. The van der Waals surface area contributed by atoms with E-state index in [-0.39, 0.29) is 0 Å². The van der Waals surface area contributed by atoms with Gasteiger partial charge in [0.15, 0.2) is 0 Å². The number of piperazine rings is 1. The van der Waals surface area contributed by atoms with Crippen LogP contribution in [0.5, 0.6) is 0 Å². The smallest absolute Gasteiger partial charge is 0.138 e. The number of fused-ring (bicyclic) bond motifs is 3. The number of rotatable bonds is 2. The molecule has 2 N–H and O–H groups in total. The maximum Gasteiger partial charge on any atom is 0.138 e. The van der Waals surface area contributed by atoms with Crippen LogP contribution in [0.1, 0.15) is 34.4 Å². The molecule has 0 amide bonds. The van der Waals surface area contributed by atoms with Crippen LogP contribution in [-0.4, -0.2) is 56.0 Å². The number of hydrogen-bond donors (Lipinski definition) is 2. The molecule has 3 heterocycles. The molecule has 2 aromatic heterocycles. The Hall–Kier alpha value is -1.66. The number of nitrogens with zero attached hydrogens (tertiary/aromatic N) is 3. The molecule has 1 aliphatic heterocycles. The lowest BCUT2D eigenvalue weighted by Gasteiger charge is -2.29. The molecule has 1 saturated heterocycles. The van der Waals surface area contributed by atoms with Gasteiger partial charge in [0.05, 0.1) is 4.88 Å². The molecule has 6 heteroatoms. The first-order chi connectivity index (χ1) is 12.1. The van der Waals surface area contributed by atoms with E-state index in [1.165, 1.54) is 34.9 Å². The number of aromatic nitrogens is 1. The second kappa shape index (κ2) is 6.57. The van der Waals surface area contributed by atoms with Crippen molar-refractivity contribution in [3.8, 4) is 0 Å². The first-order valence-electron chi connectivity index (χ1n) is 9.24. The van der Waals surface area contributed by atoms with Crippen molar-refractivity contribution in [3.63, 3.8) is 0 Å². The van der Waals surface area contributed by atoms with Crippen LogP contribution >= 0.6 is 11.3 Å². The Labute approximate surface area is 153 Å². The van der Waals surface area contributed by atoms with Gasteiger partial charge in [0, 0.05) is 45.7 Å². The lowest BCUT2D eigenvalue weighted by atomic mass is 9.89. The van der Waals surface area contributed by atoms with Gasteiger partial charge < -0.3 is 15.1 Å². The maximum absolute atomic E-state index is 8.75.